The minimum absolute atomic E-state index is 0.0189. The molecule has 3 N–H and O–H groups in total. The lowest BCUT2D eigenvalue weighted by molar-refractivity contribution is -0.120. The van der Waals surface area contributed by atoms with E-state index in [2.05, 4.69) is 20.9 Å². The second-order valence-electron chi connectivity index (χ2n) is 5.93. The fourth-order valence-electron chi connectivity index (χ4n) is 2.69. The van der Waals surface area contributed by atoms with Crippen LogP contribution < -0.4 is 16.0 Å². The molecule has 0 atom stereocenters. The van der Waals surface area contributed by atoms with Gasteiger partial charge in [0.05, 0.1) is 0 Å². The first-order valence-corrected chi connectivity index (χ1v) is 9.15. The first-order chi connectivity index (χ1) is 11.3. The zero-order valence-corrected chi connectivity index (χ0v) is 14.8. The molecule has 0 saturated heterocycles. The van der Waals surface area contributed by atoms with Crippen LogP contribution in [0.5, 0.6) is 0 Å². The van der Waals surface area contributed by atoms with E-state index in [4.69, 9.17) is 4.74 Å². The quantitative estimate of drug-likeness (QED) is 0.325. The molecule has 0 aromatic heterocycles. The summed E-state index contributed by atoms with van der Waals surface area (Å²) in [5.41, 5.74) is 0. The van der Waals surface area contributed by atoms with E-state index in [0.717, 1.165) is 52.0 Å². The van der Waals surface area contributed by atoms with Crippen LogP contribution >= 0.6 is 0 Å². The highest BCUT2D eigenvalue weighted by Gasteiger charge is 2.15. The minimum Gasteiger partial charge on any atom is -0.382 e. The highest BCUT2D eigenvalue weighted by molar-refractivity contribution is 5.84. The molecule has 0 aliphatic heterocycles. The summed E-state index contributed by atoms with van der Waals surface area (Å²) < 4.78 is 5.31. The average Bonchev–Trinajstić information content (AvgIpc) is 2.56. The molecule has 0 aromatic rings. The Bertz CT molecular complexity index is 341. The van der Waals surface area contributed by atoms with Crippen molar-refractivity contribution in [1.29, 1.82) is 0 Å². The molecular weight excluding hydrogens is 292 g/mol. The summed E-state index contributed by atoms with van der Waals surface area (Å²) in [4.78, 5) is 16.3. The van der Waals surface area contributed by atoms with Gasteiger partial charge < -0.3 is 20.7 Å². The number of guanidine groups is 1. The summed E-state index contributed by atoms with van der Waals surface area (Å²) >= 11 is 0. The van der Waals surface area contributed by atoms with Gasteiger partial charge in [-0.05, 0) is 39.5 Å². The van der Waals surface area contributed by atoms with Crippen LogP contribution in [0.1, 0.15) is 58.8 Å². The highest BCUT2D eigenvalue weighted by atomic mass is 16.5. The molecule has 0 unspecified atom stereocenters. The van der Waals surface area contributed by atoms with Crippen LogP contribution in [-0.4, -0.2) is 50.8 Å². The predicted molar refractivity (Wildman–Crippen MR) is 94.7 cm³/mol. The Balaban J connectivity index is 2.22. The fraction of sp³-hybridized carbons (Fsp3) is 0.882. The second kappa shape index (κ2) is 13.2. The van der Waals surface area contributed by atoms with Crippen LogP contribution in [-0.2, 0) is 9.53 Å². The summed E-state index contributed by atoms with van der Waals surface area (Å²) in [6.45, 7) is 7.41. The van der Waals surface area contributed by atoms with Gasteiger partial charge in [0.15, 0.2) is 5.96 Å². The number of aliphatic imine (C=N–C) groups is 1. The summed E-state index contributed by atoms with van der Waals surface area (Å²) in [6.07, 6.45) is 8.00. The largest absolute Gasteiger partial charge is 0.382 e. The van der Waals surface area contributed by atoms with E-state index in [9.17, 15) is 4.79 Å². The lowest BCUT2D eigenvalue weighted by Crippen LogP contribution is -2.40. The molecule has 1 aliphatic carbocycles. The van der Waals surface area contributed by atoms with Crippen molar-refractivity contribution in [2.24, 2.45) is 4.99 Å². The maximum Gasteiger partial charge on any atom is 0.242 e. The van der Waals surface area contributed by atoms with Gasteiger partial charge in [0.1, 0.15) is 6.54 Å². The number of hydrogen-bond donors (Lipinski definition) is 3. The van der Waals surface area contributed by atoms with Gasteiger partial charge in [-0.15, -0.1) is 0 Å². The van der Waals surface area contributed by atoms with Crippen molar-refractivity contribution in [2.45, 2.75) is 64.8 Å². The second-order valence-corrected chi connectivity index (χ2v) is 5.93. The van der Waals surface area contributed by atoms with Gasteiger partial charge in [0, 0.05) is 32.3 Å². The van der Waals surface area contributed by atoms with E-state index in [-0.39, 0.29) is 12.5 Å². The molecule has 1 fully saturated rings. The molecule has 0 bridgehead atoms. The zero-order chi connectivity index (χ0) is 16.8. The molecule has 0 radical (unpaired) electrons. The number of nitrogens with one attached hydrogen (secondary N) is 3. The number of carbonyl (C=O) groups excluding carboxylic acids is 1. The normalized spacial score (nSPS) is 16.2. The van der Waals surface area contributed by atoms with Gasteiger partial charge in [-0.25, -0.2) is 4.99 Å². The van der Waals surface area contributed by atoms with Gasteiger partial charge in [-0.3, -0.25) is 4.79 Å². The summed E-state index contributed by atoms with van der Waals surface area (Å²) in [5.74, 6) is 0.730. The van der Waals surface area contributed by atoms with Gasteiger partial charge in [0.25, 0.3) is 0 Å². The predicted octanol–water partition coefficient (Wildman–Crippen LogP) is 1.81. The van der Waals surface area contributed by atoms with Crippen LogP contribution in [0.25, 0.3) is 0 Å². The highest BCUT2D eigenvalue weighted by Crippen LogP contribution is 2.17. The maximum atomic E-state index is 12.0. The number of carbonyl (C=O) groups is 1. The molecule has 1 rings (SSSR count). The monoisotopic (exact) mass is 326 g/mol. The Kier molecular flexibility index (Phi) is 11.3. The van der Waals surface area contributed by atoms with Crippen LogP contribution in [0.3, 0.4) is 0 Å². The fourth-order valence-corrected chi connectivity index (χ4v) is 2.69. The first kappa shape index (κ1) is 19.7. The van der Waals surface area contributed by atoms with Gasteiger partial charge in [0.2, 0.25) is 5.91 Å². The number of nitrogens with zero attached hydrogens (tertiary/aromatic N) is 1. The van der Waals surface area contributed by atoms with Gasteiger partial charge >= 0.3 is 0 Å². The molecular formula is C17H34N4O2. The van der Waals surface area contributed by atoms with Crippen molar-refractivity contribution >= 4 is 11.9 Å². The van der Waals surface area contributed by atoms with E-state index < -0.39 is 0 Å². The van der Waals surface area contributed by atoms with Crippen LogP contribution in [0.2, 0.25) is 0 Å². The van der Waals surface area contributed by atoms with E-state index in [1.165, 1.54) is 19.3 Å². The third-order valence-corrected chi connectivity index (χ3v) is 3.91. The Morgan fingerprint density at radius 3 is 2.61 bits per heavy atom. The standard InChI is InChI=1S/C17H34N4O2/c1-3-18-17(19-12-8-9-13-23-4-2)20-14-16(22)21-15-10-6-5-7-11-15/h15H,3-14H2,1-2H3,(H,21,22)(H2,18,19,20). The smallest absolute Gasteiger partial charge is 0.242 e. The van der Waals surface area contributed by atoms with E-state index in [0.29, 0.717) is 12.0 Å². The molecule has 0 aromatic carbocycles. The van der Waals surface area contributed by atoms with Crippen LogP contribution in [0.4, 0.5) is 0 Å². The molecule has 23 heavy (non-hydrogen) atoms. The van der Waals surface area contributed by atoms with Gasteiger partial charge in [-0.2, -0.15) is 0 Å². The lowest BCUT2D eigenvalue weighted by Gasteiger charge is -2.22. The number of ether oxygens (including phenoxy) is 1. The summed E-state index contributed by atoms with van der Waals surface area (Å²) in [5, 5.41) is 9.52. The third kappa shape index (κ3) is 10.2. The molecule has 0 spiro atoms. The Morgan fingerprint density at radius 2 is 1.91 bits per heavy atom. The zero-order valence-electron chi connectivity index (χ0n) is 14.8. The van der Waals surface area contributed by atoms with E-state index >= 15 is 0 Å². The molecule has 134 valence electrons. The molecule has 1 aliphatic rings. The van der Waals surface area contributed by atoms with Gasteiger partial charge in [-0.1, -0.05) is 19.3 Å². The average molecular weight is 326 g/mol. The number of unbranched alkanes of at least 4 members (excludes halogenated alkanes) is 1. The topological polar surface area (TPSA) is 74.8 Å². The first-order valence-electron chi connectivity index (χ1n) is 9.15. The maximum absolute atomic E-state index is 12.0. The van der Waals surface area contributed by atoms with Crippen molar-refractivity contribution in [3.63, 3.8) is 0 Å². The number of rotatable bonds is 10. The van der Waals surface area contributed by atoms with Crippen molar-refractivity contribution in [2.75, 3.05) is 32.8 Å². The van der Waals surface area contributed by atoms with Crippen molar-refractivity contribution in [3.8, 4) is 0 Å². The van der Waals surface area contributed by atoms with E-state index in [1.54, 1.807) is 0 Å². The van der Waals surface area contributed by atoms with Crippen molar-refractivity contribution in [3.05, 3.63) is 0 Å². The third-order valence-electron chi connectivity index (χ3n) is 3.91. The molecule has 1 amide bonds. The lowest BCUT2D eigenvalue weighted by atomic mass is 9.95. The molecule has 1 saturated carbocycles. The Hall–Kier alpha value is -1.30. The van der Waals surface area contributed by atoms with Crippen molar-refractivity contribution in [1.82, 2.24) is 16.0 Å². The molecule has 0 heterocycles. The summed E-state index contributed by atoms with van der Waals surface area (Å²) in [6, 6.07) is 0.348. The number of amides is 1. The number of hydrogen-bond acceptors (Lipinski definition) is 3. The Labute approximate surface area is 140 Å². The van der Waals surface area contributed by atoms with Crippen LogP contribution in [0.15, 0.2) is 4.99 Å². The van der Waals surface area contributed by atoms with Crippen molar-refractivity contribution < 1.29 is 9.53 Å². The van der Waals surface area contributed by atoms with Crippen LogP contribution in [0, 0.1) is 0 Å². The molecule has 6 heteroatoms. The molecule has 6 nitrogen and oxygen atoms in total. The summed E-state index contributed by atoms with van der Waals surface area (Å²) in [7, 11) is 0. The van der Waals surface area contributed by atoms with E-state index in [1.807, 2.05) is 13.8 Å². The minimum atomic E-state index is 0.0189. The SMILES string of the molecule is CCNC(=NCC(=O)NC1CCCCC1)NCCCCOCC. The Morgan fingerprint density at radius 1 is 1.13 bits per heavy atom.